The molecule has 2 aromatic rings. The SMILES string of the molecule is COCCN=C(C)C1C(=O)N(c2nc3ccccc3s2)N=C1CC(=O)OC. The normalized spacial score (nSPS) is 17.5. The summed E-state index contributed by atoms with van der Waals surface area (Å²) in [5.74, 6) is -1.43. The number of para-hydroxylation sites is 1. The van der Waals surface area contributed by atoms with Gasteiger partial charge in [0.05, 0.1) is 42.6 Å². The third kappa shape index (κ3) is 4.04. The lowest BCUT2D eigenvalue weighted by atomic mass is 9.96. The van der Waals surface area contributed by atoms with E-state index in [-0.39, 0.29) is 12.3 Å². The predicted molar refractivity (Wildman–Crippen MR) is 105 cm³/mol. The van der Waals surface area contributed by atoms with Gasteiger partial charge in [-0.15, -0.1) is 0 Å². The fraction of sp³-hybridized carbons (Fsp3) is 0.389. The van der Waals surface area contributed by atoms with E-state index in [1.165, 1.54) is 23.5 Å². The number of carbonyl (C=O) groups excluding carboxylic acids is 2. The van der Waals surface area contributed by atoms with E-state index in [0.29, 0.717) is 29.7 Å². The number of benzene rings is 1. The Hall–Kier alpha value is -2.65. The second-order valence-electron chi connectivity index (χ2n) is 5.91. The molecule has 27 heavy (non-hydrogen) atoms. The summed E-state index contributed by atoms with van der Waals surface area (Å²) in [4.78, 5) is 33.7. The number of rotatable bonds is 7. The Labute approximate surface area is 160 Å². The molecule has 1 aromatic heterocycles. The van der Waals surface area contributed by atoms with Crippen molar-refractivity contribution in [2.75, 3.05) is 32.4 Å². The van der Waals surface area contributed by atoms with Crippen molar-refractivity contribution in [2.24, 2.45) is 16.0 Å². The Morgan fingerprint density at radius 2 is 2.11 bits per heavy atom. The van der Waals surface area contributed by atoms with E-state index in [2.05, 4.69) is 15.1 Å². The molecule has 2 heterocycles. The highest BCUT2D eigenvalue weighted by Crippen LogP contribution is 2.33. The van der Waals surface area contributed by atoms with Crippen LogP contribution in [-0.2, 0) is 19.1 Å². The first kappa shape index (κ1) is 19.1. The molecule has 0 saturated heterocycles. The third-order valence-corrected chi connectivity index (χ3v) is 5.12. The van der Waals surface area contributed by atoms with E-state index in [0.717, 1.165) is 10.2 Å². The molecule has 8 nitrogen and oxygen atoms in total. The zero-order valence-corrected chi connectivity index (χ0v) is 16.2. The lowest BCUT2D eigenvalue weighted by molar-refractivity contribution is -0.139. The summed E-state index contributed by atoms with van der Waals surface area (Å²) in [7, 11) is 2.89. The van der Waals surface area contributed by atoms with Gasteiger partial charge in [-0.2, -0.15) is 10.1 Å². The first-order chi connectivity index (χ1) is 13.0. The molecule has 3 rings (SSSR count). The number of aliphatic imine (C=N–C) groups is 1. The molecule has 1 aliphatic heterocycles. The topological polar surface area (TPSA) is 93.5 Å². The number of fused-ring (bicyclic) bond motifs is 1. The van der Waals surface area contributed by atoms with Gasteiger partial charge in [0, 0.05) is 12.8 Å². The summed E-state index contributed by atoms with van der Waals surface area (Å²) in [6, 6.07) is 7.62. The van der Waals surface area contributed by atoms with Crippen LogP contribution in [0.5, 0.6) is 0 Å². The molecule has 0 N–H and O–H groups in total. The average molecular weight is 388 g/mol. The summed E-state index contributed by atoms with van der Waals surface area (Å²) < 4.78 is 10.7. The Bertz CT molecular complexity index is 888. The molecule has 1 aliphatic rings. The van der Waals surface area contributed by atoms with Crippen LogP contribution in [0.3, 0.4) is 0 Å². The molecular weight excluding hydrogens is 368 g/mol. The molecule has 0 aliphatic carbocycles. The number of hydrogen-bond acceptors (Lipinski definition) is 8. The number of nitrogens with zero attached hydrogens (tertiary/aromatic N) is 4. The van der Waals surface area contributed by atoms with Crippen molar-refractivity contribution in [2.45, 2.75) is 13.3 Å². The summed E-state index contributed by atoms with van der Waals surface area (Å²) in [6.45, 7) is 2.63. The summed E-state index contributed by atoms with van der Waals surface area (Å²) in [5.41, 5.74) is 1.79. The van der Waals surface area contributed by atoms with Crippen molar-refractivity contribution < 1.29 is 19.1 Å². The summed E-state index contributed by atoms with van der Waals surface area (Å²) in [6.07, 6.45) is -0.0779. The number of carbonyl (C=O) groups is 2. The highest BCUT2D eigenvalue weighted by atomic mass is 32.1. The van der Waals surface area contributed by atoms with Crippen LogP contribution in [0.1, 0.15) is 13.3 Å². The first-order valence-corrected chi connectivity index (χ1v) is 9.20. The van der Waals surface area contributed by atoms with Gasteiger partial charge < -0.3 is 9.47 Å². The van der Waals surface area contributed by atoms with Gasteiger partial charge >= 0.3 is 5.97 Å². The van der Waals surface area contributed by atoms with Gasteiger partial charge in [-0.3, -0.25) is 14.6 Å². The van der Waals surface area contributed by atoms with Crippen LogP contribution in [-0.4, -0.2) is 55.7 Å². The first-order valence-electron chi connectivity index (χ1n) is 8.38. The van der Waals surface area contributed by atoms with E-state index < -0.39 is 11.9 Å². The Balaban J connectivity index is 1.94. The van der Waals surface area contributed by atoms with Crippen molar-refractivity contribution in [3.05, 3.63) is 24.3 Å². The van der Waals surface area contributed by atoms with Gasteiger partial charge in [0.1, 0.15) is 5.92 Å². The molecule has 0 spiro atoms. The number of amides is 1. The van der Waals surface area contributed by atoms with Crippen LogP contribution in [0.2, 0.25) is 0 Å². The van der Waals surface area contributed by atoms with E-state index in [4.69, 9.17) is 9.47 Å². The molecule has 1 atom stereocenters. The molecule has 1 aromatic carbocycles. The summed E-state index contributed by atoms with van der Waals surface area (Å²) in [5, 5.41) is 6.12. The fourth-order valence-corrected chi connectivity index (χ4v) is 3.69. The Kier molecular flexibility index (Phi) is 5.92. The number of hydrazone groups is 1. The van der Waals surface area contributed by atoms with E-state index in [9.17, 15) is 9.59 Å². The smallest absolute Gasteiger partial charge is 0.311 e. The molecule has 0 radical (unpaired) electrons. The number of methoxy groups -OCH3 is 2. The number of aromatic nitrogens is 1. The molecule has 1 amide bonds. The standard InChI is InChI=1S/C18H20N4O4S/c1-11(19-8-9-25-2)16-13(10-15(23)26-3)21-22(17(16)24)18-20-12-6-4-5-7-14(12)27-18/h4-7,16H,8-10H2,1-3H3. The lowest BCUT2D eigenvalue weighted by Gasteiger charge is -2.12. The number of thiazole rings is 1. The van der Waals surface area contributed by atoms with E-state index in [1.807, 2.05) is 24.3 Å². The second-order valence-corrected chi connectivity index (χ2v) is 6.92. The zero-order chi connectivity index (χ0) is 19.4. The minimum Gasteiger partial charge on any atom is -0.469 e. The quantitative estimate of drug-likeness (QED) is 0.412. The minimum atomic E-state index is -0.701. The Morgan fingerprint density at radius 3 is 2.81 bits per heavy atom. The van der Waals surface area contributed by atoms with Gasteiger partial charge in [-0.25, -0.2) is 4.98 Å². The molecule has 1 unspecified atom stereocenters. The molecule has 142 valence electrons. The Morgan fingerprint density at radius 1 is 1.33 bits per heavy atom. The van der Waals surface area contributed by atoms with Crippen molar-refractivity contribution in [3.8, 4) is 0 Å². The largest absolute Gasteiger partial charge is 0.469 e. The highest BCUT2D eigenvalue weighted by molar-refractivity contribution is 7.22. The van der Waals surface area contributed by atoms with Crippen LogP contribution >= 0.6 is 11.3 Å². The number of esters is 1. The van der Waals surface area contributed by atoms with Crippen LogP contribution in [0, 0.1) is 5.92 Å². The molecule has 9 heteroatoms. The van der Waals surface area contributed by atoms with Crippen molar-refractivity contribution in [3.63, 3.8) is 0 Å². The van der Waals surface area contributed by atoms with Crippen molar-refractivity contribution in [1.82, 2.24) is 4.98 Å². The molecular formula is C18H20N4O4S. The lowest BCUT2D eigenvalue weighted by Crippen LogP contribution is -2.33. The predicted octanol–water partition coefficient (Wildman–Crippen LogP) is 2.29. The summed E-state index contributed by atoms with van der Waals surface area (Å²) >= 11 is 1.37. The van der Waals surface area contributed by atoms with Crippen LogP contribution < -0.4 is 5.01 Å². The minimum absolute atomic E-state index is 0.0779. The van der Waals surface area contributed by atoms with Crippen LogP contribution in [0.4, 0.5) is 5.13 Å². The van der Waals surface area contributed by atoms with Gasteiger partial charge in [-0.1, -0.05) is 23.5 Å². The van der Waals surface area contributed by atoms with Crippen LogP contribution in [0.25, 0.3) is 10.2 Å². The maximum absolute atomic E-state index is 13.1. The monoisotopic (exact) mass is 388 g/mol. The number of hydrogen-bond donors (Lipinski definition) is 0. The fourth-order valence-electron chi connectivity index (χ4n) is 2.77. The zero-order valence-electron chi connectivity index (χ0n) is 15.3. The van der Waals surface area contributed by atoms with Crippen molar-refractivity contribution >= 4 is 50.0 Å². The maximum atomic E-state index is 13.1. The van der Waals surface area contributed by atoms with Crippen LogP contribution in [0.15, 0.2) is 34.4 Å². The molecule has 0 bridgehead atoms. The van der Waals surface area contributed by atoms with Gasteiger partial charge in [0.15, 0.2) is 0 Å². The highest BCUT2D eigenvalue weighted by Gasteiger charge is 2.40. The van der Waals surface area contributed by atoms with Gasteiger partial charge in [-0.05, 0) is 19.1 Å². The molecule has 0 fully saturated rings. The average Bonchev–Trinajstić information content (AvgIpc) is 3.22. The van der Waals surface area contributed by atoms with E-state index in [1.54, 1.807) is 14.0 Å². The second kappa shape index (κ2) is 8.36. The van der Waals surface area contributed by atoms with Crippen molar-refractivity contribution in [1.29, 1.82) is 0 Å². The number of ether oxygens (including phenoxy) is 2. The van der Waals surface area contributed by atoms with Gasteiger partial charge in [0.25, 0.3) is 5.91 Å². The maximum Gasteiger partial charge on any atom is 0.311 e. The van der Waals surface area contributed by atoms with E-state index >= 15 is 0 Å². The van der Waals surface area contributed by atoms with Gasteiger partial charge in [0.2, 0.25) is 5.13 Å². The molecule has 0 saturated carbocycles. The third-order valence-electron chi connectivity index (χ3n) is 4.11. The number of anilines is 1.